The smallest absolute Gasteiger partial charge is 0.0895 e. The van der Waals surface area contributed by atoms with Gasteiger partial charge in [0.1, 0.15) is 0 Å². The second kappa shape index (κ2) is 6.04. The van der Waals surface area contributed by atoms with Crippen LogP contribution in [0.5, 0.6) is 0 Å². The van der Waals surface area contributed by atoms with Crippen molar-refractivity contribution in [3.63, 3.8) is 0 Å². The van der Waals surface area contributed by atoms with E-state index < -0.39 is 0 Å². The molecule has 0 bridgehead atoms. The highest BCUT2D eigenvalue weighted by molar-refractivity contribution is 5.35. The fourth-order valence-corrected chi connectivity index (χ4v) is 2.72. The summed E-state index contributed by atoms with van der Waals surface area (Å²) in [5.41, 5.74) is 10.3. The summed E-state index contributed by atoms with van der Waals surface area (Å²) in [4.78, 5) is 2.44. The second-order valence-electron chi connectivity index (χ2n) is 5.81. The number of nitrogens with zero attached hydrogens (tertiary/aromatic N) is 1. The number of hydrogen-bond acceptors (Lipinski definition) is 3. The van der Waals surface area contributed by atoms with Gasteiger partial charge >= 0.3 is 0 Å². The first-order chi connectivity index (χ1) is 9.00. The number of hydrogen-bond donors (Lipinski definition) is 1. The number of morpholine rings is 1. The largest absolute Gasteiger partial charge is 0.374 e. The first-order valence-corrected chi connectivity index (χ1v) is 7.18. The van der Waals surface area contributed by atoms with E-state index in [9.17, 15) is 0 Å². The Morgan fingerprint density at radius 1 is 1.32 bits per heavy atom. The van der Waals surface area contributed by atoms with E-state index in [4.69, 9.17) is 10.5 Å². The van der Waals surface area contributed by atoms with Gasteiger partial charge < -0.3 is 10.5 Å². The minimum atomic E-state index is -0.0403. The summed E-state index contributed by atoms with van der Waals surface area (Å²) in [6.45, 7) is 11.4. The fourth-order valence-electron chi connectivity index (χ4n) is 2.72. The van der Waals surface area contributed by atoms with E-state index in [1.54, 1.807) is 0 Å². The number of benzene rings is 1. The number of ether oxygens (including phenoxy) is 1. The summed E-state index contributed by atoms with van der Waals surface area (Å²) in [7, 11) is 0. The van der Waals surface area contributed by atoms with Crippen molar-refractivity contribution < 1.29 is 4.74 Å². The van der Waals surface area contributed by atoms with Crippen LogP contribution in [0, 0.1) is 13.8 Å². The van der Waals surface area contributed by atoms with Crippen LogP contribution in [0.2, 0.25) is 0 Å². The Bertz CT molecular complexity index is 431. The van der Waals surface area contributed by atoms with Crippen LogP contribution < -0.4 is 5.73 Å². The zero-order valence-electron chi connectivity index (χ0n) is 12.5. The molecular weight excluding hydrogens is 236 g/mol. The molecule has 3 nitrogen and oxygen atoms in total. The molecule has 0 saturated carbocycles. The lowest BCUT2D eigenvalue weighted by Gasteiger charge is -2.38. The first kappa shape index (κ1) is 14.5. The average molecular weight is 262 g/mol. The SMILES string of the molecule is Cc1cccc(C(N)C2CN(C(C)C)CCO2)c1C. The van der Waals surface area contributed by atoms with E-state index in [0.29, 0.717) is 6.04 Å². The van der Waals surface area contributed by atoms with Crippen LogP contribution in [0.3, 0.4) is 0 Å². The van der Waals surface area contributed by atoms with Crippen LogP contribution in [0.15, 0.2) is 18.2 Å². The van der Waals surface area contributed by atoms with Crippen molar-refractivity contribution in [2.45, 2.75) is 45.9 Å². The predicted octanol–water partition coefficient (Wildman–Crippen LogP) is 2.41. The Morgan fingerprint density at radius 2 is 2.05 bits per heavy atom. The van der Waals surface area contributed by atoms with Gasteiger partial charge in [0.2, 0.25) is 0 Å². The number of aryl methyl sites for hydroxylation is 1. The van der Waals surface area contributed by atoms with Crippen molar-refractivity contribution in [2.75, 3.05) is 19.7 Å². The molecule has 0 amide bonds. The van der Waals surface area contributed by atoms with E-state index >= 15 is 0 Å². The van der Waals surface area contributed by atoms with Crippen molar-refractivity contribution >= 4 is 0 Å². The molecule has 106 valence electrons. The van der Waals surface area contributed by atoms with E-state index in [1.807, 2.05) is 0 Å². The van der Waals surface area contributed by atoms with Gasteiger partial charge in [0.25, 0.3) is 0 Å². The first-order valence-electron chi connectivity index (χ1n) is 7.18. The average Bonchev–Trinajstić information content (AvgIpc) is 2.41. The Balaban J connectivity index is 2.14. The van der Waals surface area contributed by atoms with Gasteiger partial charge in [0, 0.05) is 19.1 Å². The van der Waals surface area contributed by atoms with Crippen LogP contribution in [0.1, 0.15) is 36.6 Å². The molecule has 1 aromatic carbocycles. The molecular formula is C16H26N2O. The molecule has 19 heavy (non-hydrogen) atoms. The fraction of sp³-hybridized carbons (Fsp3) is 0.625. The Labute approximate surface area is 116 Å². The Morgan fingerprint density at radius 3 is 2.74 bits per heavy atom. The molecule has 0 spiro atoms. The van der Waals surface area contributed by atoms with E-state index in [1.165, 1.54) is 16.7 Å². The zero-order chi connectivity index (χ0) is 14.0. The molecule has 1 fully saturated rings. The van der Waals surface area contributed by atoms with Gasteiger partial charge in [-0.2, -0.15) is 0 Å². The molecule has 1 aliphatic heterocycles. The lowest BCUT2D eigenvalue weighted by Crippen LogP contribution is -2.49. The molecule has 1 saturated heterocycles. The van der Waals surface area contributed by atoms with Crippen molar-refractivity contribution in [1.82, 2.24) is 4.90 Å². The lowest BCUT2D eigenvalue weighted by molar-refractivity contribution is -0.0503. The third-order valence-electron chi connectivity index (χ3n) is 4.26. The summed E-state index contributed by atoms with van der Waals surface area (Å²) in [6.07, 6.45) is 0.0941. The normalized spacial score (nSPS) is 22.7. The van der Waals surface area contributed by atoms with Crippen molar-refractivity contribution in [1.29, 1.82) is 0 Å². The van der Waals surface area contributed by atoms with Crippen molar-refractivity contribution in [3.05, 3.63) is 34.9 Å². The van der Waals surface area contributed by atoms with E-state index in [2.05, 4.69) is 50.8 Å². The highest BCUT2D eigenvalue weighted by Gasteiger charge is 2.28. The van der Waals surface area contributed by atoms with Crippen LogP contribution in [-0.2, 0) is 4.74 Å². The molecule has 1 heterocycles. The summed E-state index contributed by atoms with van der Waals surface area (Å²) in [6, 6.07) is 6.86. The van der Waals surface area contributed by atoms with Gasteiger partial charge in [0.15, 0.2) is 0 Å². The highest BCUT2D eigenvalue weighted by atomic mass is 16.5. The Hall–Kier alpha value is -0.900. The van der Waals surface area contributed by atoms with Gasteiger partial charge in [-0.3, -0.25) is 4.90 Å². The third-order valence-corrected chi connectivity index (χ3v) is 4.26. The topological polar surface area (TPSA) is 38.5 Å². The molecule has 1 aromatic rings. The third kappa shape index (κ3) is 3.16. The molecule has 2 atom stereocenters. The summed E-state index contributed by atoms with van der Waals surface area (Å²) in [5, 5.41) is 0. The second-order valence-corrected chi connectivity index (χ2v) is 5.81. The van der Waals surface area contributed by atoms with Crippen molar-refractivity contribution in [3.8, 4) is 0 Å². The summed E-state index contributed by atoms with van der Waals surface area (Å²) >= 11 is 0. The van der Waals surface area contributed by atoms with Crippen LogP contribution in [0.25, 0.3) is 0 Å². The molecule has 0 radical (unpaired) electrons. The van der Waals surface area contributed by atoms with Crippen molar-refractivity contribution in [2.24, 2.45) is 5.73 Å². The van der Waals surface area contributed by atoms with Crippen LogP contribution >= 0.6 is 0 Å². The maximum Gasteiger partial charge on any atom is 0.0895 e. The standard InChI is InChI=1S/C16H26N2O/c1-11(2)18-8-9-19-15(10-18)16(17)14-7-5-6-12(3)13(14)4/h5-7,11,15-16H,8-10,17H2,1-4H3. The van der Waals surface area contributed by atoms with Gasteiger partial charge in [-0.05, 0) is 44.4 Å². The molecule has 3 heteroatoms. The molecule has 2 N–H and O–H groups in total. The minimum absolute atomic E-state index is 0.0403. The molecule has 2 unspecified atom stereocenters. The number of rotatable bonds is 3. The molecule has 1 aliphatic rings. The zero-order valence-corrected chi connectivity index (χ0v) is 12.5. The molecule has 2 rings (SSSR count). The number of nitrogens with two attached hydrogens (primary N) is 1. The molecule has 0 aliphatic carbocycles. The minimum Gasteiger partial charge on any atom is -0.374 e. The lowest BCUT2D eigenvalue weighted by atomic mass is 9.94. The summed E-state index contributed by atoms with van der Waals surface area (Å²) in [5.74, 6) is 0. The highest BCUT2D eigenvalue weighted by Crippen LogP contribution is 2.25. The Kier molecular flexibility index (Phi) is 4.61. The van der Waals surface area contributed by atoms with Gasteiger partial charge in [0.05, 0.1) is 18.8 Å². The van der Waals surface area contributed by atoms with E-state index in [0.717, 1.165) is 19.7 Å². The van der Waals surface area contributed by atoms with Gasteiger partial charge in [-0.1, -0.05) is 18.2 Å². The van der Waals surface area contributed by atoms with Crippen LogP contribution in [-0.4, -0.2) is 36.7 Å². The van der Waals surface area contributed by atoms with E-state index in [-0.39, 0.29) is 12.1 Å². The quantitative estimate of drug-likeness (QED) is 0.909. The summed E-state index contributed by atoms with van der Waals surface area (Å²) < 4.78 is 5.90. The van der Waals surface area contributed by atoms with Crippen LogP contribution in [0.4, 0.5) is 0 Å². The predicted molar refractivity (Wildman–Crippen MR) is 79.3 cm³/mol. The maximum atomic E-state index is 6.45. The maximum absolute atomic E-state index is 6.45. The monoisotopic (exact) mass is 262 g/mol. The van der Waals surface area contributed by atoms with Gasteiger partial charge in [-0.25, -0.2) is 0 Å². The molecule has 0 aromatic heterocycles. The van der Waals surface area contributed by atoms with Gasteiger partial charge in [-0.15, -0.1) is 0 Å².